The quantitative estimate of drug-likeness (QED) is 0.369. The van der Waals surface area contributed by atoms with Gasteiger partial charge in [0.2, 0.25) is 0 Å². The molecule has 0 bridgehead atoms. The summed E-state index contributed by atoms with van der Waals surface area (Å²) in [6.45, 7) is 0.968. The van der Waals surface area contributed by atoms with Crippen LogP contribution in [0.2, 0.25) is 0 Å². The van der Waals surface area contributed by atoms with Crippen LogP contribution in [0.25, 0.3) is 22.1 Å². The summed E-state index contributed by atoms with van der Waals surface area (Å²) in [6.07, 6.45) is 1.83. The summed E-state index contributed by atoms with van der Waals surface area (Å²) in [6, 6.07) is 14.9. The van der Waals surface area contributed by atoms with Crippen molar-refractivity contribution < 1.29 is 18.6 Å². The van der Waals surface area contributed by atoms with E-state index in [0.717, 1.165) is 40.7 Å². The molecule has 0 saturated carbocycles. The van der Waals surface area contributed by atoms with Crippen LogP contribution in [0.3, 0.4) is 0 Å². The lowest BCUT2D eigenvalue weighted by Crippen LogP contribution is -2.25. The number of aromatic nitrogens is 1. The van der Waals surface area contributed by atoms with E-state index < -0.39 is 0 Å². The monoisotopic (exact) mass is 449 g/mol. The Kier molecular flexibility index (Phi) is 6.03. The van der Waals surface area contributed by atoms with Gasteiger partial charge in [0.15, 0.2) is 0 Å². The molecule has 2 unspecified atom stereocenters. The standard InChI is InChI=1S/C25H23NO5S/c1-28-18-7-9-29-24(11-18)22-4-2-3-17(26-22)14-30-19-5-6-20-21(16-8-10-32-15-16)13-25(27)31-23(20)12-19/h2-6,8,10,12-13,15,18,24H,7,9,11,14H2,1H3. The Morgan fingerprint density at radius 3 is 2.97 bits per heavy atom. The molecule has 1 saturated heterocycles. The minimum Gasteiger partial charge on any atom is -0.487 e. The van der Waals surface area contributed by atoms with Gasteiger partial charge in [0, 0.05) is 43.2 Å². The number of benzene rings is 1. The number of hydrogen-bond acceptors (Lipinski definition) is 7. The van der Waals surface area contributed by atoms with E-state index in [1.807, 2.05) is 47.2 Å². The molecule has 1 aliphatic rings. The first-order valence-corrected chi connectivity index (χ1v) is 11.5. The maximum Gasteiger partial charge on any atom is 0.336 e. The molecule has 0 aliphatic carbocycles. The molecule has 164 valence electrons. The minimum atomic E-state index is -0.382. The van der Waals surface area contributed by atoms with E-state index in [9.17, 15) is 4.79 Å². The summed E-state index contributed by atoms with van der Waals surface area (Å²) in [5.41, 5.74) is 3.67. The third kappa shape index (κ3) is 4.46. The summed E-state index contributed by atoms with van der Waals surface area (Å²) in [5, 5.41) is 4.88. The van der Waals surface area contributed by atoms with Crippen molar-refractivity contribution in [2.75, 3.05) is 13.7 Å². The van der Waals surface area contributed by atoms with Crippen molar-refractivity contribution in [2.24, 2.45) is 0 Å². The molecule has 2 atom stereocenters. The van der Waals surface area contributed by atoms with Crippen LogP contribution in [0, 0.1) is 0 Å². The number of pyridine rings is 1. The molecule has 5 rings (SSSR count). The van der Waals surface area contributed by atoms with Crippen molar-refractivity contribution in [3.63, 3.8) is 0 Å². The Bertz CT molecular complexity index is 1270. The average molecular weight is 450 g/mol. The van der Waals surface area contributed by atoms with Crippen LogP contribution >= 0.6 is 11.3 Å². The average Bonchev–Trinajstić information content (AvgIpc) is 3.37. The molecule has 0 radical (unpaired) electrons. The summed E-state index contributed by atoms with van der Waals surface area (Å²) in [4.78, 5) is 16.8. The van der Waals surface area contributed by atoms with Gasteiger partial charge in [0.05, 0.1) is 17.5 Å². The topological polar surface area (TPSA) is 70.8 Å². The van der Waals surface area contributed by atoms with Gasteiger partial charge in [-0.3, -0.25) is 4.98 Å². The molecule has 0 spiro atoms. The van der Waals surface area contributed by atoms with Crippen LogP contribution in [-0.4, -0.2) is 24.8 Å². The maximum atomic E-state index is 12.1. The predicted octanol–water partition coefficient (Wildman–Crippen LogP) is 5.36. The van der Waals surface area contributed by atoms with Gasteiger partial charge >= 0.3 is 5.63 Å². The fraction of sp³-hybridized carbons (Fsp3) is 0.280. The molecular weight excluding hydrogens is 426 g/mol. The zero-order valence-electron chi connectivity index (χ0n) is 17.7. The summed E-state index contributed by atoms with van der Waals surface area (Å²) in [7, 11) is 1.74. The number of nitrogens with zero attached hydrogens (tertiary/aromatic N) is 1. The predicted molar refractivity (Wildman–Crippen MR) is 123 cm³/mol. The van der Waals surface area contributed by atoms with Crippen molar-refractivity contribution >= 4 is 22.3 Å². The zero-order chi connectivity index (χ0) is 21.9. The first-order chi connectivity index (χ1) is 15.7. The van der Waals surface area contributed by atoms with Gasteiger partial charge in [-0.1, -0.05) is 6.07 Å². The molecular formula is C25H23NO5S. The first-order valence-electron chi connectivity index (χ1n) is 10.5. The molecule has 1 aromatic carbocycles. The maximum absolute atomic E-state index is 12.1. The number of rotatable bonds is 6. The van der Waals surface area contributed by atoms with Gasteiger partial charge in [-0.2, -0.15) is 11.3 Å². The van der Waals surface area contributed by atoms with E-state index in [1.165, 1.54) is 6.07 Å². The first kappa shape index (κ1) is 20.9. The lowest BCUT2D eigenvalue weighted by atomic mass is 10.0. The molecule has 4 heterocycles. The molecule has 6 nitrogen and oxygen atoms in total. The summed E-state index contributed by atoms with van der Waals surface area (Å²) < 4.78 is 22.8. The molecule has 1 fully saturated rings. The van der Waals surface area contributed by atoms with Gasteiger partial charge < -0.3 is 18.6 Å². The van der Waals surface area contributed by atoms with Crippen LogP contribution in [0.4, 0.5) is 0 Å². The van der Waals surface area contributed by atoms with Crippen molar-refractivity contribution in [1.82, 2.24) is 4.98 Å². The third-order valence-corrected chi connectivity index (χ3v) is 6.35. The van der Waals surface area contributed by atoms with Gasteiger partial charge in [-0.25, -0.2) is 4.79 Å². The largest absolute Gasteiger partial charge is 0.487 e. The summed E-state index contributed by atoms with van der Waals surface area (Å²) >= 11 is 1.59. The van der Waals surface area contributed by atoms with Gasteiger partial charge in [0.25, 0.3) is 0 Å². The Morgan fingerprint density at radius 2 is 2.12 bits per heavy atom. The SMILES string of the molecule is COC1CCOC(c2cccc(COc3ccc4c(-c5ccsc5)cc(=O)oc4c3)n2)C1. The molecule has 0 N–H and O–H groups in total. The van der Waals surface area contributed by atoms with Crippen molar-refractivity contribution in [3.05, 3.63) is 81.1 Å². The zero-order valence-corrected chi connectivity index (χ0v) is 18.5. The highest BCUT2D eigenvalue weighted by Gasteiger charge is 2.24. The van der Waals surface area contributed by atoms with E-state index >= 15 is 0 Å². The fourth-order valence-electron chi connectivity index (χ4n) is 3.99. The van der Waals surface area contributed by atoms with E-state index in [-0.39, 0.29) is 17.8 Å². The van der Waals surface area contributed by atoms with Gasteiger partial charge in [0.1, 0.15) is 24.0 Å². The highest BCUT2D eigenvalue weighted by Crippen LogP contribution is 2.31. The van der Waals surface area contributed by atoms with Crippen LogP contribution in [0.5, 0.6) is 5.75 Å². The molecule has 4 aromatic rings. The normalized spacial score (nSPS) is 18.7. The lowest BCUT2D eigenvalue weighted by Gasteiger charge is -2.28. The molecule has 3 aromatic heterocycles. The van der Waals surface area contributed by atoms with Crippen molar-refractivity contribution in [1.29, 1.82) is 0 Å². The Hall–Kier alpha value is -3.00. The highest BCUT2D eigenvalue weighted by molar-refractivity contribution is 7.08. The van der Waals surface area contributed by atoms with Gasteiger partial charge in [-0.15, -0.1) is 0 Å². The van der Waals surface area contributed by atoms with Crippen molar-refractivity contribution in [2.45, 2.75) is 31.7 Å². The van der Waals surface area contributed by atoms with E-state index in [4.69, 9.17) is 23.6 Å². The number of methoxy groups -OCH3 is 1. The minimum absolute atomic E-state index is 0.0703. The van der Waals surface area contributed by atoms with Crippen LogP contribution < -0.4 is 10.4 Å². The number of thiophene rings is 1. The van der Waals surface area contributed by atoms with Crippen LogP contribution in [0.1, 0.15) is 30.3 Å². The second-order valence-electron chi connectivity index (χ2n) is 7.73. The second kappa shape index (κ2) is 9.24. The highest BCUT2D eigenvalue weighted by atomic mass is 32.1. The third-order valence-electron chi connectivity index (χ3n) is 5.66. The Labute approximate surface area is 189 Å². The van der Waals surface area contributed by atoms with Crippen LogP contribution in [0.15, 0.2) is 68.5 Å². The molecule has 1 aliphatic heterocycles. The van der Waals surface area contributed by atoms with Gasteiger partial charge in [-0.05, 0) is 53.1 Å². The lowest BCUT2D eigenvalue weighted by molar-refractivity contribution is -0.0615. The number of hydrogen-bond donors (Lipinski definition) is 0. The van der Waals surface area contributed by atoms with E-state index in [1.54, 1.807) is 24.5 Å². The number of ether oxygens (including phenoxy) is 3. The second-order valence-corrected chi connectivity index (χ2v) is 8.51. The number of fused-ring (bicyclic) bond motifs is 1. The fourth-order valence-corrected chi connectivity index (χ4v) is 4.65. The van der Waals surface area contributed by atoms with E-state index in [2.05, 4.69) is 0 Å². The molecule has 32 heavy (non-hydrogen) atoms. The summed E-state index contributed by atoms with van der Waals surface area (Å²) in [5.74, 6) is 0.615. The van der Waals surface area contributed by atoms with Crippen LogP contribution in [-0.2, 0) is 16.1 Å². The van der Waals surface area contributed by atoms with Crippen molar-refractivity contribution in [3.8, 4) is 16.9 Å². The Balaban J connectivity index is 1.34. The smallest absolute Gasteiger partial charge is 0.336 e. The Morgan fingerprint density at radius 1 is 1.19 bits per heavy atom. The van der Waals surface area contributed by atoms with E-state index in [0.29, 0.717) is 24.5 Å². The molecule has 0 amide bonds. The molecule has 7 heteroatoms.